The van der Waals surface area contributed by atoms with Crippen LogP contribution in [0.3, 0.4) is 0 Å². The van der Waals surface area contributed by atoms with Crippen LogP contribution >= 0.6 is 23.2 Å². The third-order valence-corrected chi connectivity index (χ3v) is 6.41. The molecule has 0 aliphatic heterocycles. The van der Waals surface area contributed by atoms with Crippen molar-refractivity contribution in [2.45, 2.75) is 4.90 Å². The average Bonchev–Trinajstić information content (AvgIpc) is 2.72. The first-order chi connectivity index (χ1) is 14.7. The summed E-state index contributed by atoms with van der Waals surface area (Å²) >= 11 is 12.1. The highest BCUT2D eigenvalue weighted by Crippen LogP contribution is 2.29. The largest absolute Gasteiger partial charge is 0.478 e. The molecule has 31 heavy (non-hydrogen) atoms. The fourth-order valence-corrected chi connectivity index (χ4v) is 4.76. The van der Waals surface area contributed by atoms with Crippen LogP contribution in [0.15, 0.2) is 77.7 Å². The molecule has 0 aromatic heterocycles. The Morgan fingerprint density at radius 1 is 0.903 bits per heavy atom. The van der Waals surface area contributed by atoms with Crippen molar-refractivity contribution in [1.29, 1.82) is 0 Å². The Kier molecular flexibility index (Phi) is 6.84. The topological polar surface area (TPSA) is 104 Å². The summed E-state index contributed by atoms with van der Waals surface area (Å²) in [6.45, 7) is -0.637. The van der Waals surface area contributed by atoms with E-state index in [0.29, 0.717) is 0 Å². The predicted octanol–water partition coefficient (Wildman–Crippen LogP) is 4.53. The van der Waals surface area contributed by atoms with E-state index in [4.69, 9.17) is 23.2 Å². The minimum atomic E-state index is -4.16. The summed E-state index contributed by atoms with van der Waals surface area (Å²) in [6, 6.07) is 17.5. The average molecular weight is 479 g/mol. The lowest BCUT2D eigenvalue weighted by atomic mass is 10.2. The maximum absolute atomic E-state index is 13.3. The lowest BCUT2D eigenvalue weighted by Gasteiger charge is -2.24. The Morgan fingerprint density at radius 3 is 2.10 bits per heavy atom. The first kappa shape index (κ1) is 22.6. The van der Waals surface area contributed by atoms with E-state index in [2.05, 4.69) is 5.32 Å². The monoisotopic (exact) mass is 478 g/mol. The van der Waals surface area contributed by atoms with Gasteiger partial charge in [0, 0.05) is 10.0 Å². The van der Waals surface area contributed by atoms with E-state index in [0.717, 1.165) is 4.31 Å². The molecule has 2 N–H and O–H groups in total. The Hall–Kier alpha value is -3.07. The van der Waals surface area contributed by atoms with Crippen molar-refractivity contribution < 1.29 is 23.1 Å². The molecule has 0 fully saturated rings. The number of benzene rings is 3. The van der Waals surface area contributed by atoms with E-state index < -0.39 is 28.4 Å². The first-order valence-electron chi connectivity index (χ1n) is 8.84. The van der Waals surface area contributed by atoms with E-state index in [1.165, 1.54) is 48.5 Å². The highest BCUT2D eigenvalue weighted by molar-refractivity contribution is 7.92. The molecule has 0 radical (unpaired) electrons. The number of anilines is 2. The highest BCUT2D eigenvalue weighted by atomic mass is 35.5. The number of sulfonamides is 1. The van der Waals surface area contributed by atoms with E-state index in [9.17, 15) is 23.1 Å². The number of hydrogen-bond acceptors (Lipinski definition) is 4. The van der Waals surface area contributed by atoms with Crippen molar-refractivity contribution in [2.24, 2.45) is 0 Å². The van der Waals surface area contributed by atoms with Crippen molar-refractivity contribution in [2.75, 3.05) is 16.2 Å². The Bertz CT molecular complexity index is 1210. The van der Waals surface area contributed by atoms with Gasteiger partial charge < -0.3 is 10.4 Å². The molecule has 0 aliphatic rings. The van der Waals surface area contributed by atoms with Crippen LogP contribution in [0, 0.1) is 0 Å². The number of carbonyl (C=O) groups is 2. The molecule has 0 unspecified atom stereocenters. The molecule has 7 nitrogen and oxygen atoms in total. The Labute approximate surface area is 188 Å². The quantitative estimate of drug-likeness (QED) is 0.519. The van der Waals surface area contributed by atoms with Gasteiger partial charge >= 0.3 is 5.97 Å². The van der Waals surface area contributed by atoms with Crippen LogP contribution in [0.2, 0.25) is 10.0 Å². The molecule has 3 aromatic carbocycles. The predicted molar refractivity (Wildman–Crippen MR) is 119 cm³/mol. The number of aromatic carboxylic acids is 1. The minimum absolute atomic E-state index is 0.0372. The van der Waals surface area contributed by atoms with Gasteiger partial charge in [-0.25, -0.2) is 13.2 Å². The second kappa shape index (κ2) is 9.38. The van der Waals surface area contributed by atoms with Crippen LogP contribution in [0.5, 0.6) is 0 Å². The van der Waals surface area contributed by atoms with Gasteiger partial charge in [0.15, 0.2) is 0 Å². The molecular weight excluding hydrogens is 463 g/mol. The third kappa shape index (κ3) is 5.35. The van der Waals surface area contributed by atoms with Crippen LogP contribution in [0.25, 0.3) is 0 Å². The SMILES string of the molecule is O=C(CN(c1cc(Cl)cc(Cl)c1)S(=O)(=O)c1ccccc1)Nc1ccccc1C(=O)O. The number of carboxylic acids is 1. The molecule has 10 heteroatoms. The summed E-state index contributed by atoms with van der Waals surface area (Å²) in [5, 5.41) is 12.1. The van der Waals surface area contributed by atoms with Crippen LogP contribution < -0.4 is 9.62 Å². The number of carboxylic acid groups (broad SMARTS) is 1. The summed E-state index contributed by atoms with van der Waals surface area (Å²) in [4.78, 5) is 24.1. The van der Waals surface area contributed by atoms with Gasteiger partial charge in [0.05, 0.1) is 21.8 Å². The van der Waals surface area contributed by atoms with E-state index >= 15 is 0 Å². The van der Waals surface area contributed by atoms with Crippen LogP contribution in [0.1, 0.15) is 10.4 Å². The van der Waals surface area contributed by atoms with Gasteiger partial charge in [-0.15, -0.1) is 0 Å². The summed E-state index contributed by atoms with van der Waals surface area (Å²) in [5.41, 5.74) is 0.00308. The molecular formula is C21H16Cl2N2O5S. The zero-order valence-corrected chi connectivity index (χ0v) is 18.2. The second-order valence-corrected chi connectivity index (χ2v) is 9.09. The van der Waals surface area contributed by atoms with Gasteiger partial charge in [0.25, 0.3) is 10.0 Å². The highest BCUT2D eigenvalue weighted by Gasteiger charge is 2.28. The first-order valence-corrected chi connectivity index (χ1v) is 11.0. The van der Waals surface area contributed by atoms with E-state index in [-0.39, 0.29) is 31.9 Å². The molecule has 3 aromatic rings. The molecule has 0 bridgehead atoms. The standard InChI is InChI=1S/C21H16Cl2N2O5S/c22-14-10-15(23)12-16(11-14)25(31(29,30)17-6-2-1-3-7-17)13-20(26)24-19-9-5-4-8-18(19)21(27)28/h1-12H,13H2,(H,24,26)(H,27,28). The van der Waals surface area contributed by atoms with Crippen molar-refractivity contribution in [1.82, 2.24) is 0 Å². The smallest absolute Gasteiger partial charge is 0.337 e. The number of nitrogens with zero attached hydrogens (tertiary/aromatic N) is 1. The Balaban J connectivity index is 2.00. The number of amides is 1. The van der Waals surface area contributed by atoms with Gasteiger partial charge in [-0.2, -0.15) is 0 Å². The van der Waals surface area contributed by atoms with E-state index in [1.54, 1.807) is 24.3 Å². The van der Waals surface area contributed by atoms with Crippen molar-refractivity contribution in [3.8, 4) is 0 Å². The summed E-state index contributed by atoms with van der Waals surface area (Å²) < 4.78 is 27.4. The van der Waals surface area contributed by atoms with Gasteiger partial charge in [0.1, 0.15) is 6.54 Å². The molecule has 0 saturated heterocycles. The van der Waals surface area contributed by atoms with Crippen molar-refractivity contribution >= 4 is 56.5 Å². The number of hydrogen-bond donors (Lipinski definition) is 2. The third-order valence-electron chi connectivity index (χ3n) is 4.19. The summed E-state index contributed by atoms with van der Waals surface area (Å²) in [6.07, 6.45) is 0. The number of carbonyl (C=O) groups excluding carboxylic acids is 1. The Morgan fingerprint density at radius 2 is 1.48 bits per heavy atom. The van der Waals surface area contributed by atoms with Gasteiger partial charge in [-0.3, -0.25) is 9.10 Å². The van der Waals surface area contributed by atoms with Gasteiger partial charge in [0.2, 0.25) is 5.91 Å². The number of rotatable bonds is 7. The molecule has 1 amide bonds. The summed E-state index contributed by atoms with van der Waals surface area (Å²) in [7, 11) is -4.16. The zero-order chi connectivity index (χ0) is 22.6. The summed E-state index contributed by atoms with van der Waals surface area (Å²) in [5.74, 6) is -1.98. The second-order valence-electron chi connectivity index (χ2n) is 6.35. The molecule has 0 saturated carbocycles. The number of halogens is 2. The maximum Gasteiger partial charge on any atom is 0.337 e. The van der Waals surface area contributed by atoms with Gasteiger partial charge in [-0.1, -0.05) is 53.5 Å². The lowest BCUT2D eigenvalue weighted by Crippen LogP contribution is -2.38. The fraction of sp³-hybridized carbons (Fsp3) is 0.0476. The molecule has 0 aliphatic carbocycles. The fourth-order valence-electron chi connectivity index (χ4n) is 2.82. The van der Waals surface area contributed by atoms with E-state index in [1.807, 2.05) is 0 Å². The van der Waals surface area contributed by atoms with Gasteiger partial charge in [-0.05, 0) is 42.5 Å². The molecule has 160 valence electrons. The maximum atomic E-state index is 13.3. The zero-order valence-electron chi connectivity index (χ0n) is 15.8. The van der Waals surface area contributed by atoms with Crippen molar-refractivity contribution in [3.63, 3.8) is 0 Å². The van der Waals surface area contributed by atoms with Crippen LogP contribution in [-0.4, -0.2) is 31.9 Å². The van der Waals surface area contributed by atoms with Crippen LogP contribution in [0.4, 0.5) is 11.4 Å². The molecule has 0 atom stereocenters. The number of para-hydroxylation sites is 1. The molecule has 3 rings (SSSR count). The normalized spacial score (nSPS) is 11.0. The molecule has 0 spiro atoms. The number of nitrogens with one attached hydrogen (secondary N) is 1. The lowest BCUT2D eigenvalue weighted by molar-refractivity contribution is -0.114. The van der Waals surface area contributed by atoms with Crippen LogP contribution in [-0.2, 0) is 14.8 Å². The minimum Gasteiger partial charge on any atom is -0.478 e. The van der Waals surface area contributed by atoms with Crippen molar-refractivity contribution in [3.05, 3.63) is 88.4 Å². The molecule has 0 heterocycles.